The molecule has 1 unspecified atom stereocenters. The number of likely N-dealkylation sites (tertiary alicyclic amines) is 1. The number of esters is 1. The molecule has 0 amide bonds. The predicted molar refractivity (Wildman–Crippen MR) is 77.2 cm³/mol. The van der Waals surface area contributed by atoms with E-state index in [2.05, 4.69) is 11.0 Å². The average Bonchev–Trinajstić information content (AvgIpc) is 2.96. The van der Waals surface area contributed by atoms with E-state index in [-0.39, 0.29) is 12.0 Å². The van der Waals surface area contributed by atoms with Gasteiger partial charge < -0.3 is 14.2 Å². The Morgan fingerprint density at radius 3 is 3.05 bits per heavy atom. The van der Waals surface area contributed by atoms with Crippen LogP contribution in [0.5, 0.6) is 11.5 Å². The molecule has 1 aromatic rings. The molecule has 3 rings (SSSR count). The quantitative estimate of drug-likeness (QED) is 0.797. The van der Waals surface area contributed by atoms with E-state index in [1.54, 1.807) is 0 Å². The molecule has 0 aliphatic carbocycles. The van der Waals surface area contributed by atoms with Gasteiger partial charge in [0.25, 0.3) is 0 Å². The number of nitrogens with zero attached hydrogens (tertiary/aromatic N) is 1. The van der Waals surface area contributed by atoms with E-state index >= 15 is 0 Å². The molecule has 2 heterocycles. The molecule has 0 saturated carbocycles. The van der Waals surface area contributed by atoms with Crippen LogP contribution >= 0.6 is 0 Å². The van der Waals surface area contributed by atoms with Crippen molar-refractivity contribution in [1.82, 2.24) is 4.90 Å². The first-order valence-corrected chi connectivity index (χ1v) is 7.45. The van der Waals surface area contributed by atoms with Gasteiger partial charge >= 0.3 is 5.97 Å². The van der Waals surface area contributed by atoms with Crippen molar-refractivity contribution in [3.63, 3.8) is 0 Å². The van der Waals surface area contributed by atoms with Crippen molar-refractivity contribution in [3.8, 4) is 11.5 Å². The number of rotatable bonds is 4. The molecule has 114 valence electrons. The minimum atomic E-state index is -0.127. The van der Waals surface area contributed by atoms with Gasteiger partial charge in [-0.2, -0.15) is 0 Å². The van der Waals surface area contributed by atoms with Crippen LogP contribution in [0.25, 0.3) is 0 Å². The summed E-state index contributed by atoms with van der Waals surface area (Å²) in [5.74, 6) is 1.50. The number of piperidine rings is 1. The van der Waals surface area contributed by atoms with Gasteiger partial charge in [0.1, 0.15) is 0 Å². The number of fused-ring (bicyclic) bond motifs is 1. The van der Waals surface area contributed by atoms with Crippen LogP contribution in [0.2, 0.25) is 0 Å². The molecule has 1 aromatic carbocycles. The highest BCUT2D eigenvalue weighted by molar-refractivity contribution is 5.69. The molecule has 1 saturated heterocycles. The summed E-state index contributed by atoms with van der Waals surface area (Å²) in [7, 11) is 1.45. The standard InChI is InChI=1S/C16H21NO4/c1-19-16(18)9-13-4-2-3-7-17(13)10-12-5-6-14-15(8-12)21-11-20-14/h5-6,8,13H,2-4,7,9-11H2,1H3. The molecule has 0 aromatic heterocycles. The summed E-state index contributed by atoms with van der Waals surface area (Å²) in [5.41, 5.74) is 1.19. The monoisotopic (exact) mass is 291 g/mol. The third-order valence-corrected chi connectivity index (χ3v) is 4.20. The lowest BCUT2D eigenvalue weighted by Gasteiger charge is -2.35. The molecule has 1 fully saturated rings. The Kier molecular flexibility index (Phi) is 4.29. The van der Waals surface area contributed by atoms with Crippen LogP contribution < -0.4 is 9.47 Å². The number of hydrogen-bond donors (Lipinski definition) is 0. The Hall–Kier alpha value is -1.75. The van der Waals surface area contributed by atoms with Gasteiger partial charge in [-0.1, -0.05) is 12.5 Å². The maximum Gasteiger partial charge on any atom is 0.307 e. The second kappa shape index (κ2) is 6.35. The molecule has 0 spiro atoms. The minimum Gasteiger partial charge on any atom is -0.469 e. The number of carbonyl (C=O) groups is 1. The first-order valence-electron chi connectivity index (χ1n) is 7.45. The van der Waals surface area contributed by atoms with E-state index in [9.17, 15) is 4.79 Å². The van der Waals surface area contributed by atoms with Crippen molar-refractivity contribution < 1.29 is 19.0 Å². The van der Waals surface area contributed by atoms with Crippen LogP contribution in [0.15, 0.2) is 18.2 Å². The van der Waals surface area contributed by atoms with Crippen LogP contribution in [0, 0.1) is 0 Å². The lowest BCUT2D eigenvalue weighted by Crippen LogP contribution is -2.40. The number of ether oxygens (including phenoxy) is 3. The molecule has 0 N–H and O–H groups in total. The van der Waals surface area contributed by atoms with Gasteiger partial charge in [-0.15, -0.1) is 0 Å². The summed E-state index contributed by atoms with van der Waals surface area (Å²) in [6.45, 7) is 2.15. The number of benzene rings is 1. The Balaban J connectivity index is 1.67. The molecule has 0 bridgehead atoms. The second-order valence-electron chi connectivity index (χ2n) is 5.59. The zero-order valence-electron chi connectivity index (χ0n) is 12.3. The second-order valence-corrected chi connectivity index (χ2v) is 5.59. The summed E-state index contributed by atoms with van der Waals surface area (Å²) >= 11 is 0. The van der Waals surface area contributed by atoms with Crippen LogP contribution in [0.3, 0.4) is 0 Å². The van der Waals surface area contributed by atoms with E-state index in [0.717, 1.165) is 31.0 Å². The van der Waals surface area contributed by atoms with Crippen molar-refractivity contribution >= 4 is 5.97 Å². The van der Waals surface area contributed by atoms with Gasteiger partial charge in [-0.05, 0) is 37.1 Å². The van der Waals surface area contributed by atoms with Crippen LogP contribution in [-0.2, 0) is 16.1 Å². The maximum absolute atomic E-state index is 11.5. The van der Waals surface area contributed by atoms with E-state index in [1.165, 1.54) is 25.5 Å². The SMILES string of the molecule is COC(=O)CC1CCCCN1Cc1ccc2c(c1)OCO2. The predicted octanol–water partition coefficient (Wildman–Crippen LogP) is 2.33. The summed E-state index contributed by atoms with van der Waals surface area (Å²) in [5, 5.41) is 0. The molecule has 2 aliphatic rings. The Bertz CT molecular complexity index is 517. The third-order valence-electron chi connectivity index (χ3n) is 4.20. The normalized spacial score (nSPS) is 21.3. The van der Waals surface area contributed by atoms with Crippen LogP contribution in [0.1, 0.15) is 31.2 Å². The maximum atomic E-state index is 11.5. The van der Waals surface area contributed by atoms with Crippen molar-refractivity contribution in [2.75, 3.05) is 20.4 Å². The van der Waals surface area contributed by atoms with Gasteiger partial charge in [0, 0.05) is 12.6 Å². The topological polar surface area (TPSA) is 48.0 Å². The van der Waals surface area contributed by atoms with Crippen molar-refractivity contribution in [2.24, 2.45) is 0 Å². The summed E-state index contributed by atoms with van der Waals surface area (Å²) in [6, 6.07) is 6.33. The molecule has 1 atom stereocenters. The van der Waals surface area contributed by atoms with Crippen molar-refractivity contribution in [1.29, 1.82) is 0 Å². The lowest BCUT2D eigenvalue weighted by atomic mass is 9.98. The van der Waals surface area contributed by atoms with Crippen LogP contribution in [-0.4, -0.2) is 37.4 Å². The van der Waals surface area contributed by atoms with Gasteiger partial charge in [0.05, 0.1) is 13.5 Å². The lowest BCUT2D eigenvalue weighted by molar-refractivity contribution is -0.142. The molecule has 21 heavy (non-hydrogen) atoms. The Morgan fingerprint density at radius 1 is 1.33 bits per heavy atom. The van der Waals surface area contributed by atoms with Crippen LogP contribution in [0.4, 0.5) is 0 Å². The van der Waals surface area contributed by atoms with E-state index < -0.39 is 0 Å². The highest BCUT2D eigenvalue weighted by Gasteiger charge is 2.25. The minimum absolute atomic E-state index is 0.127. The number of methoxy groups -OCH3 is 1. The first kappa shape index (κ1) is 14.2. The van der Waals surface area contributed by atoms with Gasteiger partial charge in [-0.3, -0.25) is 9.69 Å². The zero-order valence-corrected chi connectivity index (χ0v) is 12.3. The molecular weight excluding hydrogens is 270 g/mol. The summed E-state index contributed by atoms with van der Waals surface area (Å²) in [4.78, 5) is 13.9. The first-order chi connectivity index (χ1) is 10.3. The molecule has 2 aliphatic heterocycles. The zero-order chi connectivity index (χ0) is 14.7. The average molecular weight is 291 g/mol. The number of hydrogen-bond acceptors (Lipinski definition) is 5. The van der Waals surface area contributed by atoms with Crippen molar-refractivity contribution in [2.45, 2.75) is 38.3 Å². The third kappa shape index (κ3) is 3.29. The Labute approximate surface area is 124 Å². The van der Waals surface area contributed by atoms with E-state index in [0.29, 0.717) is 13.2 Å². The smallest absolute Gasteiger partial charge is 0.307 e. The van der Waals surface area contributed by atoms with Gasteiger partial charge in [-0.25, -0.2) is 0 Å². The van der Waals surface area contributed by atoms with Crippen molar-refractivity contribution in [3.05, 3.63) is 23.8 Å². The summed E-state index contributed by atoms with van der Waals surface area (Å²) in [6.07, 6.45) is 3.89. The number of carbonyl (C=O) groups excluding carboxylic acids is 1. The van der Waals surface area contributed by atoms with E-state index in [1.807, 2.05) is 12.1 Å². The highest BCUT2D eigenvalue weighted by Crippen LogP contribution is 2.33. The molecule has 5 heteroatoms. The fourth-order valence-electron chi connectivity index (χ4n) is 3.05. The Morgan fingerprint density at radius 2 is 2.19 bits per heavy atom. The largest absolute Gasteiger partial charge is 0.469 e. The van der Waals surface area contributed by atoms with E-state index in [4.69, 9.17) is 14.2 Å². The molecule has 5 nitrogen and oxygen atoms in total. The fourth-order valence-corrected chi connectivity index (χ4v) is 3.05. The molecular formula is C16H21NO4. The summed E-state index contributed by atoms with van der Waals surface area (Å²) < 4.78 is 15.6. The molecule has 0 radical (unpaired) electrons. The fraction of sp³-hybridized carbons (Fsp3) is 0.562. The van der Waals surface area contributed by atoms with Gasteiger partial charge in [0.2, 0.25) is 6.79 Å². The van der Waals surface area contributed by atoms with Gasteiger partial charge in [0.15, 0.2) is 11.5 Å². The highest BCUT2D eigenvalue weighted by atomic mass is 16.7.